The van der Waals surface area contributed by atoms with Crippen LogP contribution in [0.15, 0.2) is 48.7 Å². The summed E-state index contributed by atoms with van der Waals surface area (Å²) >= 11 is 0. The molecule has 0 aliphatic rings. The van der Waals surface area contributed by atoms with E-state index in [-0.39, 0.29) is 0 Å². The minimum atomic E-state index is 0.991. The molecule has 0 saturated carbocycles. The van der Waals surface area contributed by atoms with Crippen LogP contribution < -0.4 is 0 Å². The molecule has 1 heterocycles. The van der Waals surface area contributed by atoms with Crippen molar-refractivity contribution in [1.29, 1.82) is 5.26 Å². The van der Waals surface area contributed by atoms with Gasteiger partial charge in [0, 0.05) is 17.8 Å². The zero-order valence-corrected chi connectivity index (χ0v) is 12.4. The van der Waals surface area contributed by atoms with Gasteiger partial charge in [-0.05, 0) is 36.1 Å². The molecule has 21 heavy (non-hydrogen) atoms. The molecule has 1 aromatic heterocycles. The number of allylic oxidation sites excluding steroid dienone is 1. The molecule has 2 aromatic rings. The monoisotopic (exact) mass is 276 g/mol. The maximum absolute atomic E-state index is 8.52. The van der Waals surface area contributed by atoms with Crippen LogP contribution in [0.1, 0.15) is 37.3 Å². The summed E-state index contributed by atoms with van der Waals surface area (Å²) in [5.74, 6) is 0. The van der Waals surface area contributed by atoms with E-state index >= 15 is 0 Å². The number of unbranched alkanes of at least 4 members (excludes halogenated alkanes) is 2. The molecule has 0 radical (unpaired) electrons. The van der Waals surface area contributed by atoms with Crippen LogP contribution >= 0.6 is 0 Å². The minimum absolute atomic E-state index is 0.991. The number of nitriles is 1. The largest absolute Gasteiger partial charge is 0.256 e. The standard InChI is InChI=1S/C19H20N2/c1-2-3-4-6-17-10-13-19(21-15-17)18-11-8-16(9-12-18)7-5-14-20/h5,7-13,15H,2-4,6H2,1H3/b7-5+. The van der Waals surface area contributed by atoms with Gasteiger partial charge < -0.3 is 0 Å². The summed E-state index contributed by atoms with van der Waals surface area (Å²) in [4.78, 5) is 4.55. The lowest BCUT2D eigenvalue weighted by Crippen LogP contribution is -1.89. The molecular formula is C19H20N2. The van der Waals surface area contributed by atoms with Gasteiger partial charge in [0.05, 0.1) is 11.8 Å². The zero-order chi connectivity index (χ0) is 14.9. The molecule has 106 valence electrons. The van der Waals surface area contributed by atoms with Crippen LogP contribution in [0.25, 0.3) is 17.3 Å². The summed E-state index contributed by atoms with van der Waals surface area (Å²) in [6.45, 7) is 2.22. The fourth-order valence-electron chi connectivity index (χ4n) is 2.22. The number of hydrogen-bond donors (Lipinski definition) is 0. The smallest absolute Gasteiger partial charge is 0.0912 e. The number of aromatic nitrogens is 1. The van der Waals surface area contributed by atoms with E-state index in [1.165, 1.54) is 30.9 Å². The van der Waals surface area contributed by atoms with Crippen molar-refractivity contribution in [1.82, 2.24) is 4.98 Å². The molecule has 0 atom stereocenters. The number of nitrogens with zero attached hydrogens (tertiary/aromatic N) is 2. The number of rotatable bonds is 6. The highest BCUT2D eigenvalue weighted by Crippen LogP contribution is 2.19. The molecule has 2 heteroatoms. The highest BCUT2D eigenvalue weighted by molar-refractivity contribution is 5.62. The molecule has 0 spiro atoms. The fourth-order valence-corrected chi connectivity index (χ4v) is 2.22. The lowest BCUT2D eigenvalue weighted by Gasteiger charge is -2.04. The van der Waals surface area contributed by atoms with Gasteiger partial charge in [-0.2, -0.15) is 5.26 Å². The maximum Gasteiger partial charge on any atom is 0.0912 e. The maximum atomic E-state index is 8.52. The van der Waals surface area contributed by atoms with Crippen molar-refractivity contribution in [3.63, 3.8) is 0 Å². The Morgan fingerprint density at radius 1 is 1.10 bits per heavy atom. The number of hydrogen-bond acceptors (Lipinski definition) is 2. The Kier molecular flexibility index (Phi) is 5.72. The average Bonchev–Trinajstić information content (AvgIpc) is 2.54. The van der Waals surface area contributed by atoms with Gasteiger partial charge in [0.15, 0.2) is 0 Å². The fraction of sp³-hybridized carbons (Fsp3) is 0.263. The summed E-state index contributed by atoms with van der Waals surface area (Å²) in [6, 6.07) is 14.3. The Morgan fingerprint density at radius 3 is 2.52 bits per heavy atom. The van der Waals surface area contributed by atoms with Gasteiger partial charge in [-0.15, -0.1) is 0 Å². The number of pyridine rings is 1. The van der Waals surface area contributed by atoms with E-state index in [1.54, 1.807) is 6.08 Å². The topological polar surface area (TPSA) is 36.7 Å². The molecule has 0 amide bonds. The van der Waals surface area contributed by atoms with Crippen LogP contribution in [0.5, 0.6) is 0 Å². The van der Waals surface area contributed by atoms with Gasteiger partial charge in [0.1, 0.15) is 0 Å². The summed E-state index contributed by atoms with van der Waals surface area (Å²) in [7, 11) is 0. The van der Waals surface area contributed by atoms with E-state index in [0.717, 1.165) is 23.2 Å². The van der Waals surface area contributed by atoms with Crippen LogP contribution in [0.2, 0.25) is 0 Å². The Bertz CT molecular complexity index is 616. The van der Waals surface area contributed by atoms with Crippen LogP contribution in [0.3, 0.4) is 0 Å². The molecule has 0 saturated heterocycles. The van der Waals surface area contributed by atoms with Crippen molar-refractivity contribution in [2.45, 2.75) is 32.6 Å². The van der Waals surface area contributed by atoms with Gasteiger partial charge in [0.25, 0.3) is 0 Å². The normalized spacial score (nSPS) is 10.7. The first kappa shape index (κ1) is 15.0. The minimum Gasteiger partial charge on any atom is -0.256 e. The zero-order valence-electron chi connectivity index (χ0n) is 12.4. The van der Waals surface area contributed by atoms with Crippen molar-refractivity contribution < 1.29 is 0 Å². The molecule has 0 N–H and O–H groups in total. The van der Waals surface area contributed by atoms with Gasteiger partial charge in [-0.25, -0.2) is 0 Å². The van der Waals surface area contributed by atoms with E-state index in [2.05, 4.69) is 24.0 Å². The van der Waals surface area contributed by atoms with Crippen molar-refractivity contribution in [2.24, 2.45) is 0 Å². The predicted molar refractivity (Wildman–Crippen MR) is 87.5 cm³/mol. The highest BCUT2D eigenvalue weighted by atomic mass is 14.7. The van der Waals surface area contributed by atoms with E-state index in [0.29, 0.717) is 0 Å². The van der Waals surface area contributed by atoms with Crippen molar-refractivity contribution >= 4 is 6.08 Å². The molecule has 2 nitrogen and oxygen atoms in total. The highest BCUT2D eigenvalue weighted by Gasteiger charge is 2.00. The quantitative estimate of drug-likeness (QED) is 0.548. The van der Waals surface area contributed by atoms with Gasteiger partial charge in [-0.3, -0.25) is 4.98 Å². The summed E-state index contributed by atoms with van der Waals surface area (Å²) in [5, 5.41) is 8.52. The third-order valence-electron chi connectivity index (χ3n) is 3.45. The Labute approximate surface area is 126 Å². The first-order valence-electron chi connectivity index (χ1n) is 7.45. The van der Waals surface area contributed by atoms with Crippen molar-refractivity contribution in [3.8, 4) is 17.3 Å². The third kappa shape index (κ3) is 4.57. The molecule has 2 rings (SSSR count). The Morgan fingerprint density at radius 2 is 1.90 bits per heavy atom. The third-order valence-corrected chi connectivity index (χ3v) is 3.45. The summed E-state index contributed by atoms with van der Waals surface area (Å²) in [5.41, 5.74) is 4.42. The van der Waals surface area contributed by atoms with Gasteiger partial charge in [-0.1, -0.05) is 50.1 Å². The Balaban J connectivity index is 2.04. The van der Waals surface area contributed by atoms with E-state index < -0.39 is 0 Å². The van der Waals surface area contributed by atoms with Crippen LogP contribution in [-0.4, -0.2) is 4.98 Å². The Hall–Kier alpha value is -2.40. The molecule has 0 bridgehead atoms. The van der Waals surface area contributed by atoms with Crippen LogP contribution in [0.4, 0.5) is 0 Å². The van der Waals surface area contributed by atoms with Crippen molar-refractivity contribution in [3.05, 3.63) is 59.8 Å². The molecule has 0 aliphatic heterocycles. The number of benzene rings is 1. The average molecular weight is 276 g/mol. The first-order chi connectivity index (χ1) is 10.3. The molecule has 0 unspecified atom stereocenters. The van der Waals surface area contributed by atoms with Gasteiger partial charge >= 0.3 is 0 Å². The second-order valence-corrected chi connectivity index (χ2v) is 5.09. The van der Waals surface area contributed by atoms with E-state index in [4.69, 9.17) is 5.26 Å². The second kappa shape index (κ2) is 8.01. The predicted octanol–water partition coefficient (Wildman–Crippen LogP) is 5.02. The lowest BCUT2D eigenvalue weighted by atomic mass is 10.1. The second-order valence-electron chi connectivity index (χ2n) is 5.09. The SMILES string of the molecule is CCCCCc1ccc(-c2ccc(/C=C/C#N)cc2)nc1. The van der Waals surface area contributed by atoms with E-state index in [1.807, 2.05) is 36.5 Å². The number of aryl methyl sites for hydroxylation is 1. The first-order valence-corrected chi connectivity index (χ1v) is 7.45. The lowest BCUT2D eigenvalue weighted by molar-refractivity contribution is 0.716. The molecule has 1 aromatic carbocycles. The summed E-state index contributed by atoms with van der Waals surface area (Å²) in [6.07, 6.45) is 10.1. The van der Waals surface area contributed by atoms with Crippen molar-refractivity contribution in [2.75, 3.05) is 0 Å². The van der Waals surface area contributed by atoms with Crippen LogP contribution in [0, 0.1) is 11.3 Å². The van der Waals surface area contributed by atoms with Crippen LogP contribution in [-0.2, 0) is 6.42 Å². The molecule has 0 fully saturated rings. The van der Waals surface area contributed by atoms with E-state index in [9.17, 15) is 0 Å². The molecular weight excluding hydrogens is 256 g/mol. The molecule has 0 aliphatic carbocycles. The summed E-state index contributed by atoms with van der Waals surface area (Å²) < 4.78 is 0. The van der Waals surface area contributed by atoms with Gasteiger partial charge in [0.2, 0.25) is 0 Å².